The van der Waals surface area contributed by atoms with Crippen LogP contribution in [-0.2, 0) is 26.0 Å². The minimum Gasteiger partial charge on any atom is -0.467 e. The van der Waals surface area contributed by atoms with Gasteiger partial charge in [0, 0.05) is 0 Å². The van der Waals surface area contributed by atoms with E-state index in [4.69, 9.17) is 0 Å². The molecule has 0 heterocycles. The molecule has 5 nitrogen and oxygen atoms in total. The number of rotatable bonds is 7. The maximum Gasteiger partial charge on any atom is 0.418 e. The van der Waals surface area contributed by atoms with Gasteiger partial charge < -0.3 is 4.74 Å². The smallest absolute Gasteiger partial charge is 0.418 e. The third kappa shape index (κ3) is 4.67. The highest BCUT2D eigenvalue weighted by molar-refractivity contribution is 7.89. The molecule has 9 heteroatoms. The Morgan fingerprint density at radius 1 is 1.00 bits per heavy atom. The van der Waals surface area contributed by atoms with Crippen LogP contribution in [0, 0.1) is 0 Å². The molecule has 2 aromatic rings. The fraction of sp³-hybridized carbons (Fsp3) is 0.278. The Balaban J connectivity index is 2.46. The zero-order valence-corrected chi connectivity index (χ0v) is 15.2. The number of hydrogen-bond donors (Lipinski definition) is 1. The molecule has 146 valence electrons. The van der Waals surface area contributed by atoms with E-state index in [1.165, 1.54) is 18.2 Å². The first-order valence-electron chi connectivity index (χ1n) is 7.90. The van der Waals surface area contributed by atoms with E-state index in [2.05, 4.69) is 4.74 Å². The molecule has 0 aromatic heterocycles. The number of methoxy groups -OCH3 is 1. The number of benzene rings is 2. The SMILES string of the molecule is COC(=O)C(CCc1ccccc1)(NS(=O)(=O)c1ccccc1)C(F)(F)F. The number of nitrogens with one attached hydrogen (secondary N) is 1. The second-order valence-corrected chi connectivity index (χ2v) is 7.48. The first kappa shape index (κ1) is 20.9. The second kappa shape index (κ2) is 8.10. The summed E-state index contributed by atoms with van der Waals surface area (Å²) in [5.41, 5.74) is -2.89. The number of hydrogen-bond acceptors (Lipinski definition) is 4. The molecule has 0 saturated carbocycles. The predicted octanol–water partition coefficient (Wildman–Crippen LogP) is 3.07. The van der Waals surface area contributed by atoms with Gasteiger partial charge >= 0.3 is 12.1 Å². The third-order valence-corrected chi connectivity index (χ3v) is 5.52. The first-order valence-corrected chi connectivity index (χ1v) is 9.39. The third-order valence-electron chi connectivity index (χ3n) is 4.01. The summed E-state index contributed by atoms with van der Waals surface area (Å²) in [6.45, 7) is 0. The zero-order valence-electron chi connectivity index (χ0n) is 14.4. The van der Waals surface area contributed by atoms with Gasteiger partial charge in [-0.05, 0) is 30.5 Å². The predicted molar refractivity (Wildman–Crippen MR) is 92.3 cm³/mol. The summed E-state index contributed by atoms with van der Waals surface area (Å²) in [4.78, 5) is 11.8. The van der Waals surface area contributed by atoms with E-state index >= 15 is 0 Å². The molecule has 2 rings (SSSR count). The topological polar surface area (TPSA) is 72.5 Å². The molecular weight excluding hydrogens is 383 g/mol. The Hall–Kier alpha value is -2.39. The number of sulfonamides is 1. The lowest BCUT2D eigenvalue weighted by Gasteiger charge is -2.33. The molecule has 0 aliphatic heterocycles. The molecule has 1 atom stereocenters. The highest BCUT2D eigenvalue weighted by atomic mass is 32.2. The molecule has 0 radical (unpaired) electrons. The normalized spacial score (nSPS) is 14.4. The molecule has 0 spiro atoms. The molecule has 27 heavy (non-hydrogen) atoms. The Kier molecular flexibility index (Phi) is 6.27. The number of esters is 1. The van der Waals surface area contributed by atoms with Crippen molar-refractivity contribution >= 4 is 16.0 Å². The van der Waals surface area contributed by atoms with Crippen LogP contribution in [0.1, 0.15) is 12.0 Å². The molecule has 2 aromatic carbocycles. The average Bonchev–Trinajstić information content (AvgIpc) is 2.65. The highest BCUT2D eigenvalue weighted by Crippen LogP contribution is 2.37. The maximum atomic E-state index is 13.9. The van der Waals surface area contributed by atoms with Crippen LogP contribution >= 0.6 is 0 Å². The molecule has 0 bridgehead atoms. The van der Waals surface area contributed by atoms with Crippen LogP contribution in [0.15, 0.2) is 65.6 Å². The molecule has 0 amide bonds. The number of carbonyl (C=O) groups is 1. The van der Waals surface area contributed by atoms with Gasteiger partial charge in [0.05, 0.1) is 12.0 Å². The summed E-state index contributed by atoms with van der Waals surface area (Å²) in [7, 11) is -3.85. The van der Waals surface area contributed by atoms with E-state index in [0.717, 1.165) is 19.2 Å². The number of carbonyl (C=O) groups excluding carboxylic acids is 1. The van der Waals surface area contributed by atoms with Crippen molar-refractivity contribution in [2.75, 3.05) is 7.11 Å². The Morgan fingerprint density at radius 2 is 1.52 bits per heavy atom. The molecule has 0 saturated heterocycles. The van der Waals surface area contributed by atoms with Gasteiger partial charge in [-0.1, -0.05) is 48.5 Å². The van der Waals surface area contributed by atoms with Gasteiger partial charge in [-0.25, -0.2) is 13.2 Å². The highest BCUT2D eigenvalue weighted by Gasteiger charge is 2.63. The van der Waals surface area contributed by atoms with Crippen molar-refractivity contribution in [3.63, 3.8) is 0 Å². The van der Waals surface area contributed by atoms with Crippen LogP contribution in [0.4, 0.5) is 13.2 Å². The minimum absolute atomic E-state index is 0.188. The monoisotopic (exact) mass is 401 g/mol. The lowest BCUT2D eigenvalue weighted by Crippen LogP contribution is -2.64. The van der Waals surface area contributed by atoms with Crippen molar-refractivity contribution in [1.82, 2.24) is 4.72 Å². The standard InChI is InChI=1S/C18H18F3NO4S/c1-26-16(23)17(18(19,20)21,13-12-14-8-4-2-5-9-14)22-27(24,25)15-10-6-3-7-11-15/h2-11,22H,12-13H2,1H3. The fourth-order valence-electron chi connectivity index (χ4n) is 2.55. The van der Waals surface area contributed by atoms with Crippen LogP contribution in [0.25, 0.3) is 0 Å². The zero-order chi connectivity index (χ0) is 20.1. The number of ether oxygens (including phenoxy) is 1. The summed E-state index contributed by atoms with van der Waals surface area (Å²) < 4.78 is 72.7. The van der Waals surface area contributed by atoms with E-state index in [-0.39, 0.29) is 11.3 Å². The quantitative estimate of drug-likeness (QED) is 0.724. The van der Waals surface area contributed by atoms with Gasteiger partial charge in [-0.2, -0.15) is 17.9 Å². The van der Waals surface area contributed by atoms with E-state index < -0.39 is 34.1 Å². The van der Waals surface area contributed by atoms with E-state index in [1.54, 1.807) is 35.1 Å². The van der Waals surface area contributed by atoms with Crippen LogP contribution in [0.2, 0.25) is 0 Å². The summed E-state index contributed by atoms with van der Waals surface area (Å²) >= 11 is 0. The van der Waals surface area contributed by atoms with Crippen molar-refractivity contribution in [3.05, 3.63) is 66.2 Å². The van der Waals surface area contributed by atoms with Crippen LogP contribution in [0.3, 0.4) is 0 Å². The van der Waals surface area contributed by atoms with Crippen molar-refractivity contribution in [2.24, 2.45) is 0 Å². The van der Waals surface area contributed by atoms with E-state index in [0.29, 0.717) is 5.56 Å². The lowest BCUT2D eigenvalue weighted by molar-refractivity contribution is -0.209. The molecular formula is C18H18F3NO4S. The molecule has 1 unspecified atom stereocenters. The van der Waals surface area contributed by atoms with Crippen LogP contribution in [0.5, 0.6) is 0 Å². The van der Waals surface area contributed by atoms with Crippen LogP contribution < -0.4 is 4.72 Å². The Labute approximate surface area is 155 Å². The van der Waals surface area contributed by atoms with Crippen molar-refractivity contribution < 1.29 is 31.1 Å². The van der Waals surface area contributed by atoms with Crippen molar-refractivity contribution in [2.45, 2.75) is 29.5 Å². The Bertz CT molecular complexity index is 870. The summed E-state index contributed by atoms with van der Waals surface area (Å²) in [5, 5.41) is 0. The lowest BCUT2D eigenvalue weighted by atomic mass is 9.91. The number of alkyl halides is 3. The largest absolute Gasteiger partial charge is 0.467 e. The van der Waals surface area contributed by atoms with E-state index in [1.807, 2.05) is 0 Å². The van der Waals surface area contributed by atoms with Gasteiger partial charge in [0.1, 0.15) is 0 Å². The molecule has 1 N–H and O–H groups in total. The molecule has 0 fully saturated rings. The molecule has 0 aliphatic carbocycles. The number of aryl methyl sites for hydroxylation is 1. The fourth-order valence-corrected chi connectivity index (χ4v) is 3.94. The van der Waals surface area contributed by atoms with Gasteiger partial charge in [0.2, 0.25) is 15.6 Å². The van der Waals surface area contributed by atoms with Gasteiger partial charge in [0.15, 0.2) is 0 Å². The summed E-state index contributed by atoms with van der Waals surface area (Å²) in [5.74, 6) is -1.72. The van der Waals surface area contributed by atoms with E-state index in [9.17, 15) is 26.4 Å². The maximum absolute atomic E-state index is 13.9. The first-order chi connectivity index (χ1) is 12.6. The minimum atomic E-state index is -5.21. The van der Waals surface area contributed by atoms with Crippen molar-refractivity contribution in [1.29, 1.82) is 0 Å². The average molecular weight is 401 g/mol. The number of halogens is 3. The molecule has 0 aliphatic rings. The van der Waals surface area contributed by atoms with Gasteiger partial charge in [-0.15, -0.1) is 0 Å². The summed E-state index contributed by atoms with van der Waals surface area (Å²) in [6.07, 6.45) is -6.25. The Morgan fingerprint density at radius 3 is 2.00 bits per heavy atom. The van der Waals surface area contributed by atoms with Gasteiger partial charge in [0.25, 0.3) is 0 Å². The van der Waals surface area contributed by atoms with Crippen LogP contribution in [-0.4, -0.2) is 33.2 Å². The van der Waals surface area contributed by atoms with Crippen molar-refractivity contribution in [3.8, 4) is 0 Å². The second-order valence-electron chi connectivity index (χ2n) is 5.80. The van der Waals surface area contributed by atoms with Gasteiger partial charge in [-0.3, -0.25) is 0 Å². The summed E-state index contributed by atoms with van der Waals surface area (Å²) in [6, 6.07) is 14.7.